The second-order valence-corrected chi connectivity index (χ2v) is 4.72. The van der Waals surface area contributed by atoms with E-state index in [-0.39, 0.29) is 0 Å². The van der Waals surface area contributed by atoms with Crippen molar-refractivity contribution >= 4 is 28.8 Å². The van der Waals surface area contributed by atoms with Crippen LogP contribution in [0.25, 0.3) is 10.9 Å². The lowest BCUT2D eigenvalue weighted by Gasteiger charge is -2.05. The van der Waals surface area contributed by atoms with Gasteiger partial charge in [-0.15, -0.1) is 0 Å². The number of fused-ring (bicyclic) bond motifs is 1. The van der Waals surface area contributed by atoms with Crippen LogP contribution in [0.1, 0.15) is 15.9 Å². The fourth-order valence-electron chi connectivity index (χ4n) is 2.20. The lowest BCUT2D eigenvalue weighted by atomic mass is 10.2. The zero-order chi connectivity index (χ0) is 13.2. The van der Waals surface area contributed by atoms with Crippen molar-refractivity contribution in [2.45, 2.75) is 6.54 Å². The average Bonchev–Trinajstić information content (AvgIpc) is 2.80. The normalized spacial score (nSPS) is 10.8. The number of aldehydes is 1. The van der Waals surface area contributed by atoms with Crippen LogP contribution in [0.2, 0.25) is 5.15 Å². The Morgan fingerprint density at radius 1 is 1.21 bits per heavy atom. The molecule has 3 aromatic rings. The van der Waals surface area contributed by atoms with Crippen LogP contribution >= 0.6 is 11.6 Å². The van der Waals surface area contributed by atoms with Gasteiger partial charge in [-0.3, -0.25) is 4.79 Å². The van der Waals surface area contributed by atoms with Crippen molar-refractivity contribution in [3.8, 4) is 0 Å². The van der Waals surface area contributed by atoms with Gasteiger partial charge in [0.25, 0.3) is 0 Å². The van der Waals surface area contributed by atoms with Crippen LogP contribution in [0, 0.1) is 0 Å². The molecular weight excluding hydrogens is 260 g/mol. The van der Waals surface area contributed by atoms with Crippen LogP contribution in [0.5, 0.6) is 0 Å². The summed E-state index contributed by atoms with van der Waals surface area (Å²) >= 11 is 5.77. The summed E-state index contributed by atoms with van der Waals surface area (Å²) < 4.78 is 2.05. The van der Waals surface area contributed by atoms with Crippen LogP contribution in [0.3, 0.4) is 0 Å². The molecule has 0 saturated carbocycles. The highest BCUT2D eigenvalue weighted by Crippen LogP contribution is 2.21. The molecule has 0 fully saturated rings. The molecule has 0 N–H and O–H groups in total. The zero-order valence-corrected chi connectivity index (χ0v) is 10.8. The van der Waals surface area contributed by atoms with E-state index in [4.69, 9.17) is 11.6 Å². The largest absolute Gasteiger partial charge is 0.342 e. The minimum atomic E-state index is 0.481. The van der Waals surface area contributed by atoms with E-state index in [1.165, 1.54) is 0 Å². The fourth-order valence-corrected chi connectivity index (χ4v) is 2.31. The first-order chi connectivity index (χ1) is 9.28. The van der Waals surface area contributed by atoms with Gasteiger partial charge in [-0.05, 0) is 17.7 Å². The number of nitrogens with zero attached hydrogens (tertiary/aromatic N) is 2. The van der Waals surface area contributed by atoms with E-state index in [2.05, 4.69) is 4.98 Å². The molecule has 3 nitrogen and oxygen atoms in total. The van der Waals surface area contributed by atoms with Gasteiger partial charge in [-0.2, -0.15) is 0 Å². The van der Waals surface area contributed by atoms with E-state index >= 15 is 0 Å². The molecule has 0 radical (unpaired) electrons. The molecule has 1 aromatic carbocycles. The van der Waals surface area contributed by atoms with Gasteiger partial charge in [0.15, 0.2) is 6.29 Å². The maximum absolute atomic E-state index is 11.1. The van der Waals surface area contributed by atoms with E-state index in [0.29, 0.717) is 17.3 Å². The Labute approximate surface area is 115 Å². The lowest BCUT2D eigenvalue weighted by Crippen LogP contribution is -1.98. The molecule has 94 valence electrons. The summed E-state index contributed by atoms with van der Waals surface area (Å²) in [6.45, 7) is 0.665. The minimum absolute atomic E-state index is 0.481. The van der Waals surface area contributed by atoms with Crippen LogP contribution in [-0.4, -0.2) is 15.8 Å². The molecule has 19 heavy (non-hydrogen) atoms. The fraction of sp³-hybridized carbons (Fsp3) is 0.0667. The molecule has 2 aromatic heterocycles. The number of benzene rings is 1. The molecular formula is C15H11ClN2O. The SMILES string of the molecule is O=Cc1cn(Cc2ccc(Cl)nc2)c2ccccc12. The van der Waals surface area contributed by atoms with Gasteiger partial charge in [-0.1, -0.05) is 35.9 Å². The third kappa shape index (κ3) is 2.25. The summed E-state index contributed by atoms with van der Waals surface area (Å²) in [5.74, 6) is 0. The molecule has 0 aliphatic carbocycles. The second-order valence-electron chi connectivity index (χ2n) is 4.34. The topological polar surface area (TPSA) is 34.9 Å². The first-order valence-corrected chi connectivity index (χ1v) is 6.29. The standard InChI is InChI=1S/C15H11ClN2O/c16-15-6-5-11(7-17-15)8-18-9-12(10-19)13-3-1-2-4-14(13)18/h1-7,9-10H,8H2. The van der Waals surface area contributed by atoms with Crippen molar-refractivity contribution in [3.63, 3.8) is 0 Å². The number of halogens is 1. The molecule has 0 bridgehead atoms. The molecule has 0 aliphatic heterocycles. The molecule has 3 rings (SSSR count). The summed E-state index contributed by atoms with van der Waals surface area (Å²) in [7, 11) is 0. The highest BCUT2D eigenvalue weighted by molar-refractivity contribution is 6.29. The number of rotatable bonds is 3. The smallest absolute Gasteiger partial charge is 0.152 e. The molecule has 2 heterocycles. The number of para-hydroxylation sites is 1. The van der Waals surface area contributed by atoms with Gasteiger partial charge in [0, 0.05) is 35.4 Å². The van der Waals surface area contributed by atoms with Crippen LogP contribution < -0.4 is 0 Å². The average molecular weight is 271 g/mol. The minimum Gasteiger partial charge on any atom is -0.342 e. The Bertz CT molecular complexity index is 731. The Hall–Kier alpha value is -2.13. The molecule has 0 unspecified atom stereocenters. The lowest BCUT2D eigenvalue weighted by molar-refractivity contribution is 0.112. The highest BCUT2D eigenvalue weighted by Gasteiger charge is 2.07. The van der Waals surface area contributed by atoms with E-state index in [9.17, 15) is 4.79 Å². The first kappa shape index (κ1) is 11.9. The maximum Gasteiger partial charge on any atom is 0.152 e. The Kier molecular flexibility index (Phi) is 3.05. The van der Waals surface area contributed by atoms with Gasteiger partial charge in [0.2, 0.25) is 0 Å². The molecule has 0 amide bonds. The van der Waals surface area contributed by atoms with Gasteiger partial charge < -0.3 is 4.57 Å². The number of carbonyl (C=O) groups excluding carboxylic acids is 1. The summed E-state index contributed by atoms with van der Waals surface area (Å²) in [5, 5.41) is 1.45. The molecule has 0 atom stereocenters. The third-order valence-corrected chi connectivity index (χ3v) is 3.31. The van der Waals surface area contributed by atoms with Gasteiger partial charge in [0.1, 0.15) is 5.15 Å². The quantitative estimate of drug-likeness (QED) is 0.539. The number of hydrogen-bond acceptors (Lipinski definition) is 2. The summed E-state index contributed by atoms with van der Waals surface area (Å²) in [5.41, 5.74) is 2.79. The Morgan fingerprint density at radius 3 is 2.79 bits per heavy atom. The molecule has 0 aliphatic rings. The second kappa shape index (κ2) is 4.86. The summed E-state index contributed by atoms with van der Waals surface area (Å²) in [6.07, 6.45) is 4.50. The third-order valence-electron chi connectivity index (χ3n) is 3.09. The van der Waals surface area contributed by atoms with Gasteiger partial charge in [0.05, 0.1) is 0 Å². The van der Waals surface area contributed by atoms with Crippen molar-refractivity contribution in [2.24, 2.45) is 0 Å². The van der Waals surface area contributed by atoms with Crippen LogP contribution in [0.4, 0.5) is 0 Å². The summed E-state index contributed by atoms with van der Waals surface area (Å²) in [6, 6.07) is 11.6. The van der Waals surface area contributed by atoms with E-state index in [1.807, 2.05) is 41.1 Å². The van der Waals surface area contributed by atoms with E-state index in [0.717, 1.165) is 22.8 Å². The van der Waals surface area contributed by atoms with Crippen molar-refractivity contribution in [3.05, 3.63) is 65.1 Å². The highest BCUT2D eigenvalue weighted by atomic mass is 35.5. The van der Waals surface area contributed by atoms with Crippen molar-refractivity contribution in [1.29, 1.82) is 0 Å². The predicted molar refractivity (Wildman–Crippen MR) is 75.7 cm³/mol. The molecule has 4 heteroatoms. The van der Waals surface area contributed by atoms with Crippen molar-refractivity contribution in [2.75, 3.05) is 0 Å². The van der Waals surface area contributed by atoms with Crippen molar-refractivity contribution in [1.82, 2.24) is 9.55 Å². The number of carbonyl (C=O) groups is 1. The van der Waals surface area contributed by atoms with Crippen LogP contribution in [0.15, 0.2) is 48.8 Å². The van der Waals surface area contributed by atoms with Crippen molar-refractivity contribution < 1.29 is 4.79 Å². The van der Waals surface area contributed by atoms with Crippen LogP contribution in [-0.2, 0) is 6.54 Å². The van der Waals surface area contributed by atoms with E-state index < -0.39 is 0 Å². The first-order valence-electron chi connectivity index (χ1n) is 5.91. The number of pyridine rings is 1. The zero-order valence-electron chi connectivity index (χ0n) is 10.1. The molecule has 0 spiro atoms. The Morgan fingerprint density at radius 2 is 2.05 bits per heavy atom. The van der Waals surface area contributed by atoms with Gasteiger partial charge >= 0.3 is 0 Å². The maximum atomic E-state index is 11.1. The van der Waals surface area contributed by atoms with Gasteiger partial charge in [-0.25, -0.2) is 4.98 Å². The number of hydrogen-bond donors (Lipinski definition) is 0. The number of aromatic nitrogens is 2. The Balaban J connectivity index is 2.05. The van der Waals surface area contributed by atoms with E-state index in [1.54, 1.807) is 12.3 Å². The monoisotopic (exact) mass is 270 g/mol. The summed E-state index contributed by atoms with van der Waals surface area (Å²) in [4.78, 5) is 15.2. The molecule has 0 saturated heterocycles. The predicted octanol–water partition coefficient (Wildman–Crippen LogP) is 3.55.